The van der Waals surface area contributed by atoms with Crippen molar-refractivity contribution >= 4 is 12.3 Å². The summed E-state index contributed by atoms with van der Waals surface area (Å²) in [7, 11) is 0. The van der Waals surface area contributed by atoms with Crippen molar-refractivity contribution in [3.63, 3.8) is 0 Å². The lowest BCUT2D eigenvalue weighted by molar-refractivity contribution is -0.530. The maximum absolute atomic E-state index is 11.5. The van der Waals surface area contributed by atoms with Crippen LogP contribution < -0.4 is 0 Å². The third-order valence-corrected chi connectivity index (χ3v) is 1.97. The summed E-state index contributed by atoms with van der Waals surface area (Å²) in [5, 5.41) is 11.5. The van der Waals surface area contributed by atoms with Crippen LogP contribution in [0.2, 0.25) is 0 Å². The molecule has 1 aromatic carbocycles. The lowest BCUT2D eigenvalue weighted by atomic mass is 10.1. The van der Waals surface area contributed by atoms with Gasteiger partial charge in [0.15, 0.2) is 11.8 Å². The zero-order chi connectivity index (χ0) is 11.3. The van der Waals surface area contributed by atoms with Gasteiger partial charge in [-0.25, -0.2) is 4.74 Å². The summed E-state index contributed by atoms with van der Waals surface area (Å²) in [5.74, 6) is 0. The molecule has 2 heteroatoms. The highest BCUT2D eigenvalue weighted by Gasteiger charge is 2.16. The Kier molecular flexibility index (Phi) is 3.67. The van der Waals surface area contributed by atoms with Gasteiger partial charge in [-0.2, -0.15) is 0 Å². The number of hydrogen-bond acceptors (Lipinski definition) is 1. The monoisotopic (exact) mass is 203 g/mol. The van der Waals surface area contributed by atoms with Crippen molar-refractivity contribution in [1.29, 1.82) is 0 Å². The molecule has 80 valence electrons. The molecular formula is C13H17NO. The molecule has 0 aliphatic rings. The van der Waals surface area contributed by atoms with Crippen LogP contribution in [0.25, 0.3) is 6.08 Å². The van der Waals surface area contributed by atoms with Crippen molar-refractivity contribution in [2.45, 2.75) is 26.3 Å². The number of hydroxylamine groups is 1. The summed E-state index contributed by atoms with van der Waals surface area (Å²) in [4.78, 5) is 0. The van der Waals surface area contributed by atoms with Gasteiger partial charge in [0.05, 0.1) is 0 Å². The van der Waals surface area contributed by atoms with Gasteiger partial charge in [-0.3, -0.25) is 0 Å². The molecule has 1 rings (SSSR count). The maximum atomic E-state index is 11.5. The Hall–Kier alpha value is -1.57. The smallest absolute Gasteiger partial charge is 0.175 e. The predicted molar refractivity (Wildman–Crippen MR) is 64.9 cm³/mol. The maximum Gasteiger partial charge on any atom is 0.175 e. The molecule has 0 aliphatic heterocycles. The lowest BCUT2D eigenvalue weighted by Crippen LogP contribution is -2.28. The summed E-state index contributed by atoms with van der Waals surface area (Å²) in [6, 6.07) is 9.90. The fraction of sp³-hybridized carbons (Fsp3) is 0.308. The van der Waals surface area contributed by atoms with Gasteiger partial charge >= 0.3 is 0 Å². The van der Waals surface area contributed by atoms with E-state index in [0.29, 0.717) is 0 Å². The first kappa shape index (κ1) is 11.5. The lowest BCUT2D eigenvalue weighted by Gasteiger charge is -2.17. The van der Waals surface area contributed by atoms with Crippen molar-refractivity contribution < 1.29 is 4.74 Å². The second-order valence-electron chi connectivity index (χ2n) is 4.42. The minimum Gasteiger partial charge on any atom is -0.623 e. The summed E-state index contributed by atoms with van der Waals surface area (Å²) in [6.07, 6.45) is 5.23. The molecule has 15 heavy (non-hydrogen) atoms. The third kappa shape index (κ3) is 3.98. The van der Waals surface area contributed by atoms with E-state index in [4.69, 9.17) is 0 Å². The molecular weight excluding hydrogens is 186 g/mol. The van der Waals surface area contributed by atoms with Crippen LogP contribution in [0.15, 0.2) is 36.4 Å². The quantitative estimate of drug-likeness (QED) is 0.314. The van der Waals surface area contributed by atoms with E-state index in [9.17, 15) is 5.21 Å². The van der Waals surface area contributed by atoms with Crippen molar-refractivity contribution in [2.75, 3.05) is 0 Å². The van der Waals surface area contributed by atoms with Gasteiger partial charge in [-0.15, -0.1) is 0 Å². The van der Waals surface area contributed by atoms with Crippen LogP contribution in [-0.2, 0) is 0 Å². The van der Waals surface area contributed by atoms with E-state index in [0.717, 1.165) is 10.3 Å². The van der Waals surface area contributed by atoms with Gasteiger partial charge in [0.1, 0.15) is 0 Å². The topological polar surface area (TPSA) is 26.1 Å². The minimum absolute atomic E-state index is 0.374. The molecule has 0 saturated heterocycles. The van der Waals surface area contributed by atoms with Crippen LogP contribution in [-0.4, -0.2) is 16.5 Å². The summed E-state index contributed by atoms with van der Waals surface area (Å²) in [6.45, 7) is 5.65. The van der Waals surface area contributed by atoms with E-state index >= 15 is 0 Å². The molecule has 0 aliphatic carbocycles. The van der Waals surface area contributed by atoms with Crippen LogP contribution in [0.1, 0.15) is 26.3 Å². The average molecular weight is 203 g/mol. The Labute approximate surface area is 91.1 Å². The SMILES string of the molecule is CC(C)(C)/[N+]([O-])=C/C=C/c1ccccc1. The Morgan fingerprint density at radius 2 is 1.73 bits per heavy atom. The second-order valence-corrected chi connectivity index (χ2v) is 4.42. The van der Waals surface area contributed by atoms with E-state index in [-0.39, 0.29) is 5.54 Å². The Bertz CT molecular complexity index is 358. The summed E-state index contributed by atoms with van der Waals surface area (Å²) < 4.78 is 0.951. The summed E-state index contributed by atoms with van der Waals surface area (Å²) in [5.41, 5.74) is 0.720. The van der Waals surface area contributed by atoms with Gasteiger partial charge < -0.3 is 5.21 Å². The van der Waals surface area contributed by atoms with E-state index in [2.05, 4.69) is 0 Å². The first-order valence-corrected chi connectivity index (χ1v) is 5.03. The highest BCUT2D eigenvalue weighted by atomic mass is 16.5. The number of nitrogens with zero attached hydrogens (tertiary/aromatic N) is 1. The predicted octanol–water partition coefficient (Wildman–Crippen LogP) is 3.08. The zero-order valence-electron chi connectivity index (χ0n) is 9.47. The fourth-order valence-electron chi connectivity index (χ4n) is 1.02. The molecule has 0 fully saturated rings. The molecule has 0 saturated carbocycles. The molecule has 0 aromatic heterocycles. The first-order chi connectivity index (χ1) is 7.00. The molecule has 2 nitrogen and oxygen atoms in total. The number of benzene rings is 1. The first-order valence-electron chi connectivity index (χ1n) is 5.03. The normalized spacial score (nSPS) is 13.4. The van der Waals surface area contributed by atoms with Gasteiger partial charge in [0.25, 0.3) is 0 Å². The Balaban J connectivity index is 2.69. The number of rotatable bonds is 2. The standard InChI is InChI=1S/C13H17NO/c1-13(2,3)14(15)11-7-10-12-8-5-4-6-9-12/h4-11H,1-3H3/b10-7+,14-11-. The number of allylic oxidation sites excluding steroid dienone is 1. The fourth-order valence-corrected chi connectivity index (χ4v) is 1.02. The van der Waals surface area contributed by atoms with Crippen molar-refractivity contribution in [3.8, 4) is 0 Å². The Morgan fingerprint density at radius 3 is 2.27 bits per heavy atom. The van der Waals surface area contributed by atoms with Gasteiger partial charge in [-0.1, -0.05) is 30.3 Å². The molecule has 0 atom stereocenters. The van der Waals surface area contributed by atoms with E-state index in [1.54, 1.807) is 12.3 Å². The summed E-state index contributed by atoms with van der Waals surface area (Å²) >= 11 is 0. The molecule has 0 spiro atoms. The Morgan fingerprint density at radius 1 is 1.13 bits per heavy atom. The van der Waals surface area contributed by atoms with Crippen LogP contribution in [0, 0.1) is 5.21 Å². The van der Waals surface area contributed by atoms with Crippen LogP contribution in [0.4, 0.5) is 0 Å². The van der Waals surface area contributed by atoms with Gasteiger partial charge in [0, 0.05) is 26.8 Å². The van der Waals surface area contributed by atoms with Gasteiger partial charge in [-0.05, 0) is 11.6 Å². The molecule has 0 bridgehead atoms. The van der Waals surface area contributed by atoms with E-state index in [1.807, 2.05) is 57.2 Å². The van der Waals surface area contributed by atoms with Crippen LogP contribution >= 0.6 is 0 Å². The van der Waals surface area contributed by atoms with Crippen molar-refractivity contribution in [3.05, 3.63) is 47.2 Å². The van der Waals surface area contributed by atoms with Crippen LogP contribution in [0.5, 0.6) is 0 Å². The molecule has 0 unspecified atom stereocenters. The highest BCUT2D eigenvalue weighted by molar-refractivity contribution is 5.74. The van der Waals surface area contributed by atoms with Crippen molar-refractivity contribution in [1.82, 2.24) is 0 Å². The van der Waals surface area contributed by atoms with Crippen LogP contribution in [0.3, 0.4) is 0 Å². The minimum atomic E-state index is -0.374. The average Bonchev–Trinajstić information content (AvgIpc) is 2.18. The molecule has 1 aromatic rings. The van der Waals surface area contributed by atoms with E-state index < -0.39 is 0 Å². The molecule has 0 amide bonds. The largest absolute Gasteiger partial charge is 0.623 e. The van der Waals surface area contributed by atoms with E-state index in [1.165, 1.54) is 0 Å². The zero-order valence-corrected chi connectivity index (χ0v) is 9.47. The van der Waals surface area contributed by atoms with Gasteiger partial charge in [0.2, 0.25) is 0 Å². The highest BCUT2D eigenvalue weighted by Crippen LogP contribution is 2.05. The number of hydrogen-bond donors (Lipinski definition) is 0. The molecule has 0 N–H and O–H groups in total. The molecule has 0 heterocycles. The third-order valence-electron chi connectivity index (χ3n) is 1.97. The second kappa shape index (κ2) is 4.78. The van der Waals surface area contributed by atoms with Crippen molar-refractivity contribution in [2.24, 2.45) is 0 Å². The molecule has 0 radical (unpaired) electrons.